The predicted molar refractivity (Wildman–Crippen MR) is 118 cm³/mol. The molecule has 5 rings (SSSR count). The Morgan fingerprint density at radius 3 is 2.68 bits per heavy atom. The third-order valence-corrected chi connectivity index (χ3v) is 6.46. The van der Waals surface area contributed by atoms with Gasteiger partial charge in [0.2, 0.25) is 5.16 Å². The smallest absolute Gasteiger partial charge is 0.265 e. The van der Waals surface area contributed by atoms with Crippen LogP contribution in [0.5, 0.6) is 0 Å². The third-order valence-electron chi connectivity index (χ3n) is 4.65. The van der Waals surface area contributed by atoms with Gasteiger partial charge < -0.3 is 0 Å². The van der Waals surface area contributed by atoms with E-state index in [0.717, 1.165) is 4.88 Å². The molecule has 0 N–H and O–H groups in total. The lowest BCUT2D eigenvalue weighted by Crippen LogP contribution is -2.23. The Bertz CT molecular complexity index is 1400. The van der Waals surface area contributed by atoms with Crippen LogP contribution < -0.4 is 5.56 Å². The minimum absolute atomic E-state index is 0.203. The van der Waals surface area contributed by atoms with Gasteiger partial charge in [-0.2, -0.15) is 0 Å². The highest BCUT2D eigenvalue weighted by Gasteiger charge is 2.15. The third kappa shape index (κ3) is 3.99. The van der Waals surface area contributed by atoms with Crippen molar-refractivity contribution in [3.8, 4) is 5.69 Å². The number of tetrazole rings is 1. The number of hydrogen-bond donors (Lipinski definition) is 0. The molecule has 3 heterocycles. The molecule has 10 heteroatoms. The molecule has 0 unspecified atom stereocenters. The monoisotopic (exact) mass is 450 g/mol. The van der Waals surface area contributed by atoms with E-state index in [2.05, 4.69) is 15.5 Å². The molecule has 0 spiro atoms. The fraction of sp³-hybridized carbons (Fsp3) is 0.0952. The Morgan fingerprint density at radius 2 is 1.87 bits per heavy atom. The number of benzene rings is 2. The summed E-state index contributed by atoms with van der Waals surface area (Å²) >= 11 is 3.03. The van der Waals surface area contributed by atoms with E-state index in [0.29, 0.717) is 39.9 Å². The summed E-state index contributed by atoms with van der Waals surface area (Å²) < 4.78 is 16.7. The average molecular weight is 451 g/mol. The summed E-state index contributed by atoms with van der Waals surface area (Å²) in [6, 6.07) is 17.0. The van der Waals surface area contributed by atoms with Crippen LogP contribution in [0.25, 0.3) is 16.6 Å². The molecule has 0 aliphatic heterocycles. The SMILES string of the molecule is O=c1c2ccccc2nc(CSc2nnnn2Cc2cccs2)n1-c1ccc(F)cc1. The Kier molecular flexibility index (Phi) is 5.31. The molecule has 0 fully saturated rings. The fourth-order valence-electron chi connectivity index (χ4n) is 3.21. The second kappa shape index (κ2) is 8.40. The molecule has 31 heavy (non-hydrogen) atoms. The Balaban J connectivity index is 1.52. The van der Waals surface area contributed by atoms with Gasteiger partial charge in [0.15, 0.2) is 0 Å². The maximum absolute atomic E-state index is 13.5. The van der Waals surface area contributed by atoms with Crippen LogP contribution in [0.3, 0.4) is 0 Å². The van der Waals surface area contributed by atoms with Crippen molar-refractivity contribution in [3.63, 3.8) is 0 Å². The van der Waals surface area contributed by atoms with Gasteiger partial charge in [0, 0.05) is 4.88 Å². The van der Waals surface area contributed by atoms with Crippen molar-refractivity contribution in [2.45, 2.75) is 17.5 Å². The zero-order valence-electron chi connectivity index (χ0n) is 16.1. The summed E-state index contributed by atoms with van der Waals surface area (Å²) in [4.78, 5) is 19.1. The number of hydrogen-bond acceptors (Lipinski definition) is 7. The van der Waals surface area contributed by atoms with E-state index in [-0.39, 0.29) is 11.4 Å². The van der Waals surface area contributed by atoms with Crippen LogP contribution in [-0.4, -0.2) is 29.8 Å². The van der Waals surface area contributed by atoms with E-state index >= 15 is 0 Å². The van der Waals surface area contributed by atoms with Gasteiger partial charge in [-0.15, -0.1) is 16.4 Å². The zero-order chi connectivity index (χ0) is 21.2. The van der Waals surface area contributed by atoms with Crippen molar-refractivity contribution in [1.82, 2.24) is 29.8 Å². The predicted octanol–water partition coefficient (Wildman–Crippen LogP) is 3.91. The molecule has 0 aliphatic rings. The number of thioether (sulfide) groups is 1. The minimum atomic E-state index is -0.366. The molecule has 5 aromatic rings. The maximum atomic E-state index is 13.5. The number of aromatic nitrogens is 6. The summed E-state index contributed by atoms with van der Waals surface area (Å²) in [5, 5.41) is 15.1. The van der Waals surface area contributed by atoms with E-state index < -0.39 is 0 Å². The minimum Gasteiger partial charge on any atom is -0.268 e. The highest BCUT2D eigenvalue weighted by atomic mass is 32.2. The molecule has 0 atom stereocenters. The second-order valence-corrected chi connectivity index (χ2v) is 8.62. The van der Waals surface area contributed by atoms with Gasteiger partial charge in [0.1, 0.15) is 11.6 Å². The Labute approximate surface area is 184 Å². The number of para-hydroxylation sites is 1. The first-order chi connectivity index (χ1) is 15.2. The van der Waals surface area contributed by atoms with Gasteiger partial charge in [-0.05, 0) is 58.3 Å². The van der Waals surface area contributed by atoms with Crippen molar-refractivity contribution in [2.75, 3.05) is 0 Å². The Morgan fingerprint density at radius 1 is 1.03 bits per heavy atom. The number of halogens is 1. The Hall–Kier alpha value is -3.37. The van der Waals surface area contributed by atoms with Crippen LogP contribution in [-0.2, 0) is 12.3 Å². The summed E-state index contributed by atoms with van der Waals surface area (Å²) in [7, 11) is 0. The number of thiophene rings is 1. The maximum Gasteiger partial charge on any atom is 0.265 e. The van der Waals surface area contributed by atoms with Crippen LogP contribution in [0.15, 0.2) is 76.0 Å². The molecular weight excluding hydrogens is 435 g/mol. The molecule has 0 bridgehead atoms. The van der Waals surface area contributed by atoms with E-state index in [4.69, 9.17) is 4.98 Å². The summed E-state index contributed by atoms with van der Waals surface area (Å²) in [6.07, 6.45) is 0. The first-order valence-electron chi connectivity index (χ1n) is 9.37. The lowest BCUT2D eigenvalue weighted by Gasteiger charge is -2.13. The summed E-state index contributed by atoms with van der Waals surface area (Å²) in [6.45, 7) is 0.572. The number of nitrogens with zero attached hydrogens (tertiary/aromatic N) is 6. The highest BCUT2D eigenvalue weighted by molar-refractivity contribution is 7.98. The number of fused-ring (bicyclic) bond motifs is 1. The van der Waals surface area contributed by atoms with Crippen molar-refractivity contribution in [1.29, 1.82) is 0 Å². The summed E-state index contributed by atoms with van der Waals surface area (Å²) in [5.74, 6) is 0.530. The van der Waals surface area contributed by atoms with E-state index in [1.807, 2.05) is 23.6 Å². The molecule has 3 aromatic heterocycles. The molecule has 2 aromatic carbocycles. The molecule has 0 amide bonds. The average Bonchev–Trinajstić information content (AvgIpc) is 3.46. The quantitative estimate of drug-likeness (QED) is 0.365. The van der Waals surface area contributed by atoms with E-state index in [9.17, 15) is 9.18 Å². The van der Waals surface area contributed by atoms with Crippen molar-refractivity contribution in [3.05, 3.63) is 92.9 Å². The van der Waals surface area contributed by atoms with Crippen molar-refractivity contribution >= 4 is 34.0 Å². The van der Waals surface area contributed by atoms with Gasteiger partial charge in [0.25, 0.3) is 5.56 Å². The molecule has 0 aliphatic carbocycles. The second-order valence-electron chi connectivity index (χ2n) is 6.65. The normalized spacial score (nSPS) is 11.3. The topological polar surface area (TPSA) is 78.5 Å². The van der Waals surface area contributed by atoms with Gasteiger partial charge in [-0.1, -0.05) is 30.0 Å². The van der Waals surface area contributed by atoms with Gasteiger partial charge in [-0.25, -0.2) is 14.1 Å². The van der Waals surface area contributed by atoms with Crippen LogP contribution in [0.2, 0.25) is 0 Å². The largest absolute Gasteiger partial charge is 0.268 e. The van der Waals surface area contributed by atoms with Crippen LogP contribution in [0.1, 0.15) is 10.7 Å². The molecule has 0 saturated heterocycles. The lowest BCUT2D eigenvalue weighted by atomic mass is 10.2. The number of rotatable bonds is 6. The lowest BCUT2D eigenvalue weighted by molar-refractivity contribution is 0.608. The van der Waals surface area contributed by atoms with E-state index in [1.165, 1.54) is 28.5 Å². The highest BCUT2D eigenvalue weighted by Crippen LogP contribution is 2.23. The molecule has 154 valence electrons. The van der Waals surface area contributed by atoms with Crippen molar-refractivity contribution in [2.24, 2.45) is 0 Å². The van der Waals surface area contributed by atoms with Gasteiger partial charge >= 0.3 is 0 Å². The van der Waals surface area contributed by atoms with Crippen LogP contribution in [0, 0.1) is 5.82 Å². The standard InChI is InChI=1S/C21H15FN6OS2/c22-14-7-9-15(10-8-14)28-19(23-18-6-2-1-5-17(18)20(28)29)13-31-21-24-25-26-27(21)12-16-4-3-11-30-16/h1-11H,12-13H2. The van der Waals surface area contributed by atoms with Crippen LogP contribution >= 0.6 is 23.1 Å². The van der Waals surface area contributed by atoms with Gasteiger partial charge in [-0.3, -0.25) is 9.36 Å². The zero-order valence-corrected chi connectivity index (χ0v) is 17.7. The first-order valence-corrected chi connectivity index (χ1v) is 11.2. The van der Waals surface area contributed by atoms with Gasteiger partial charge in [0.05, 0.1) is 28.9 Å². The molecule has 0 radical (unpaired) electrons. The van der Waals surface area contributed by atoms with E-state index in [1.54, 1.807) is 46.4 Å². The van der Waals surface area contributed by atoms with Crippen LogP contribution in [0.4, 0.5) is 4.39 Å². The first kappa shape index (κ1) is 19.6. The molecule has 7 nitrogen and oxygen atoms in total. The fourth-order valence-corrected chi connectivity index (χ4v) is 4.69. The molecule has 0 saturated carbocycles. The summed E-state index contributed by atoms with van der Waals surface area (Å²) in [5.41, 5.74) is 0.962. The molecular formula is C21H15FN6OS2. The van der Waals surface area contributed by atoms with Crippen molar-refractivity contribution < 1.29 is 4.39 Å².